The van der Waals surface area contributed by atoms with Crippen molar-refractivity contribution < 1.29 is 9.90 Å². The van der Waals surface area contributed by atoms with E-state index in [0.717, 1.165) is 31.3 Å². The van der Waals surface area contributed by atoms with Crippen LogP contribution in [0, 0.1) is 5.92 Å². The van der Waals surface area contributed by atoms with Gasteiger partial charge in [0.25, 0.3) is 0 Å². The Morgan fingerprint density at radius 1 is 1.58 bits per heavy atom. The van der Waals surface area contributed by atoms with Gasteiger partial charge in [-0.15, -0.1) is 6.58 Å². The zero-order valence-corrected chi connectivity index (χ0v) is 7.97. The third kappa shape index (κ3) is 4.94. The molecular formula is C10H18O2. The maximum absolute atomic E-state index is 10.6. The van der Waals surface area contributed by atoms with Gasteiger partial charge in [0.2, 0.25) is 0 Å². The van der Waals surface area contributed by atoms with Crippen molar-refractivity contribution in [2.75, 3.05) is 0 Å². The summed E-state index contributed by atoms with van der Waals surface area (Å²) in [7, 11) is 0. The van der Waals surface area contributed by atoms with Crippen LogP contribution in [0.15, 0.2) is 12.2 Å². The summed E-state index contributed by atoms with van der Waals surface area (Å²) in [6, 6.07) is 0. The summed E-state index contributed by atoms with van der Waals surface area (Å²) in [6.07, 6.45) is 3.40. The van der Waals surface area contributed by atoms with E-state index in [1.54, 1.807) is 0 Å². The van der Waals surface area contributed by atoms with Crippen molar-refractivity contribution in [2.45, 2.75) is 39.5 Å². The number of allylic oxidation sites excluding steroid dienone is 1. The average Bonchev–Trinajstić information content (AvgIpc) is 1.96. The van der Waals surface area contributed by atoms with Gasteiger partial charge in [-0.1, -0.05) is 12.5 Å². The van der Waals surface area contributed by atoms with Crippen LogP contribution in [0.4, 0.5) is 0 Å². The molecular weight excluding hydrogens is 152 g/mol. The summed E-state index contributed by atoms with van der Waals surface area (Å²) in [6.45, 7) is 7.67. The Morgan fingerprint density at radius 2 is 2.17 bits per heavy atom. The monoisotopic (exact) mass is 170 g/mol. The van der Waals surface area contributed by atoms with Crippen LogP contribution in [0.25, 0.3) is 0 Å². The van der Waals surface area contributed by atoms with Gasteiger partial charge in [-0.3, -0.25) is 4.79 Å². The number of carbonyl (C=O) groups is 1. The molecule has 12 heavy (non-hydrogen) atoms. The number of hydrogen-bond donors (Lipinski definition) is 1. The summed E-state index contributed by atoms with van der Waals surface area (Å²) in [4.78, 5) is 10.6. The topological polar surface area (TPSA) is 37.3 Å². The third-order valence-electron chi connectivity index (χ3n) is 2.00. The quantitative estimate of drug-likeness (QED) is 0.622. The van der Waals surface area contributed by atoms with Crippen molar-refractivity contribution in [1.82, 2.24) is 0 Å². The number of rotatable bonds is 6. The maximum Gasteiger partial charge on any atom is 0.306 e. The molecule has 0 spiro atoms. The molecule has 1 N–H and O–H groups in total. The van der Waals surface area contributed by atoms with Gasteiger partial charge in [-0.05, 0) is 32.6 Å². The van der Waals surface area contributed by atoms with Crippen molar-refractivity contribution in [3.63, 3.8) is 0 Å². The van der Waals surface area contributed by atoms with E-state index in [2.05, 4.69) is 6.58 Å². The van der Waals surface area contributed by atoms with Crippen molar-refractivity contribution in [1.29, 1.82) is 0 Å². The minimum absolute atomic E-state index is 0.163. The summed E-state index contributed by atoms with van der Waals surface area (Å²) in [5.41, 5.74) is 1.13. The maximum atomic E-state index is 10.6. The normalized spacial score (nSPS) is 12.5. The van der Waals surface area contributed by atoms with E-state index < -0.39 is 5.97 Å². The van der Waals surface area contributed by atoms with Crippen molar-refractivity contribution >= 4 is 5.97 Å². The highest BCUT2D eigenvalue weighted by Gasteiger charge is 2.13. The highest BCUT2D eigenvalue weighted by molar-refractivity contribution is 5.69. The SMILES string of the molecule is C=C(C)CCC[C@@H](CC)C(=O)O. The van der Waals surface area contributed by atoms with Crippen molar-refractivity contribution in [2.24, 2.45) is 5.92 Å². The zero-order valence-electron chi connectivity index (χ0n) is 7.97. The molecule has 0 aromatic carbocycles. The van der Waals surface area contributed by atoms with Gasteiger partial charge in [0.15, 0.2) is 0 Å². The summed E-state index contributed by atoms with van der Waals surface area (Å²) in [5.74, 6) is -0.830. The molecule has 0 heterocycles. The molecule has 0 unspecified atom stereocenters. The van der Waals surface area contributed by atoms with Crippen LogP contribution in [0.2, 0.25) is 0 Å². The second-order valence-electron chi connectivity index (χ2n) is 3.29. The lowest BCUT2D eigenvalue weighted by atomic mass is 9.98. The van der Waals surface area contributed by atoms with Gasteiger partial charge in [0.1, 0.15) is 0 Å². The highest BCUT2D eigenvalue weighted by Crippen LogP contribution is 2.14. The summed E-state index contributed by atoms with van der Waals surface area (Å²) < 4.78 is 0. The van der Waals surface area contributed by atoms with Crippen LogP contribution < -0.4 is 0 Å². The Morgan fingerprint density at radius 3 is 2.50 bits per heavy atom. The molecule has 0 fully saturated rings. The van der Waals surface area contributed by atoms with E-state index in [1.165, 1.54) is 0 Å². The molecule has 2 heteroatoms. The smallest absolute Gasteiger partial charge is 0.306 e. The van der Waals surface area contributed by atoms with E-state index in [9.17, 15) is 4.79 Å². The first-order valence-electron chi connectivity index (χ1n) is 4.45. The minimum atomic E-state index is -0.667. The molecule has 0 aliphatic carbocycles. The second kappa shape index (κ2) is 5.81. The fourth-order valence-electron chi connectivity index (χ4n) is 1.15. The van der Waals surface area contributed by atoms with E-state index in [0.29, 0.717) is 0 Å². The van der Waals surface area contributed by atoms with Crippen LogP contribution in [0.5, 0.6) is 0 Å². The first-order chi connectivity index (χ1) is 5.57. The second-order valence-corrected chi connectivity index (χ2v) is 3.29. The first-order valence-corrected chi connectivity index (χ1v) is 4.45. The molecule has 0 saturated heterocycles. The summed E-state index contributed by atoms with van der Waals surface area (Å²) >= 11 is 0. The van der Waals surface area contributed by atoms with Crippen LogP contribution in [0.1, 0.15) is 39.5 Å². The van der Waals surface area contributed by atoms with Gasteiger partial charge in [0, 0.05) is 0 Å². The lowest BCUT2D eigenvalue weighted by molar-refractivity contribution is -0.142. The third-order valence-corrected chi connectivity index (χ3v) is 2.00. The Bertz CT molecular complexity index is 161. The number of aliphatic carboxylic acids is 1. The lowest BCUT2D eigenvalue weighted by Crippen LogP contribution is -2.12. The molecule has 2 nitrogen and oxygen atoms in total. The van der Waals surface area contributed by atoms with Crippen LogP contribution in [0.3, 0.4) is 0 Å². The molecule has 0 aromatic rings. The number of carboxylic acid groups (broad SMARTS) is 1. The molecule has 0 bridgehead atoms. The molecule has 0 aliphatic rings. The predicted molar refractivity (Wildman–Crippen MR) is 50.1 cm³/mol. The number of carboxylic acids is 1. The first kappa shape index (κ1) is 11.2. The van der Waals surface area contributed by atoms with Gasteiger partial charge >= 0.3 is 5.97 Å². The van der Waals surface area contributed by atoms with E-state index in [1.807, 2.05) is 13.8 Å². The molecule has 70 valence electrons. The molecule has 0 saturated carbocycles. The van der Waals surface area contributed by atoms with E-state index >= 15 is 0 Å². The molecule has 0 radical (unpaired) electrons. The van der Waals surface area contributed by atoms with Crippen molar-refractivity contribution in [3.8, 4) is 0 Å². The Kier molecular flexibility index (Phi) is 5.43. The molecule has 1 atom stereocenters. The standard InChI is InChI=1S/C10H18O2/c1-4-9(10(11)12)7-5-6-8(2)3/h9H,2,4-7H2,1,3H3,(H,11,12)/t9-/m1/s1. The fraction of sp³-hybridized carbons (Fsp3) is 0.700. The fourth-order valence-corrected chi connectivity index (χ4v) is 1.15. The Hall–Kier alpha value is -0.790. The van der Waals surface area contributed by atoms with E-state index in [-0.39, 0.29) is 5.92 Å². The molecule has 0 aliphatic heterocycles. The molecule has 0 rings (SSSR count). The van der Waals surface area contributed by atoms with Crippen LogP contribution in [-0.4, -0.2) is 11.1 Å². The van der Waals surface area contributed by atoms with Gasteiger partial charge in [-0.25, -0.2) is 0 Å². The van der Waals surface area contributed by atoms with Crippen molar-refractivity contribution in [3.05, 3.63) is 12.2 Å². The Labute approximate surface area is 74.3 Å². The largest absolute Gasteiger partial charge is 0.481 e. The molecule has 0 amide bonds. The molecule has 0 aromatic heterocycles. The zero-order chi connectivity index (χ0) is 9.56. The predicted octanol–water partition coefficient (Wildman–Crippen LogP) is 2.84. The lowest BCUT2D eigenvalue weighted by Gasteiger charge is -2.08. The van der Waals surface area contributed by atoms with Gasteiger partial charge in [-0.2, -0.15) is 0 Å². The van der Waals surface area contributed by atoms with Gasteiger partial charge < -0.3 is 5.11 Å². The van der Waals surface area contributed by atoms with Crippen LogP contribution in [-0.2, 0) is 4.79 Å². The van der Waals surface area contributed by atoms with Crippen LogP contribution >= 0.6 is 0 Å². The average molecular weight is 170 g/mol. The van der Waals surface area contributed by atoms with E-state index in [4.69, 9.17) is 5.11 Å². The van der Waals surface area contributed by atoms with Gasteiger partial charge in [0.05, 0.1) is 5.92 Å². The highest BCUT2D eigenvalue weighted by atomic mass is 16.4. The summed E-state index contributed by atoms with van der Waals surface area (Å²) in [5, 5.41) is 8.72. The minimum Gasteiger partial charge on any atom is -0.481 e. The number of hydrogen-bond acceptors (Lipinski definition) is 1. The Balaban J connectivity index is 3.59.